The molecule has 1 atom stereocenters. The van der Waals surface area contributed by atoms with Crippen LogP contribution in [0.1, 0.15) is 34.0 Å². The Morgan fingerprint density at radius 3 is 2.45 bits per heavy atom. The predicted molar refractivity (Wildman–Crippen MR) is 118 cm³/mol. The van der Waals surface area contributed by atoms with Crippen molar-refractivity contribution in [2.75, 3.05) is 6.54 Å². The first kappa shape index (κ1) is 22.5. The van der Waals surface area contributed by atoms with Gasteiger partial charge in [-0.2, -0.15) is 0 Å². The first-order chi connectivity index (χ1) is 15.7. The summed E-state index contributed by atoms with van der Waals surface area (Å²) in [6.45, 7) is 1.42. The van der Waals surface area contributed by atoms with E-state index in [9.17, 15) is 23.5 Å². The molecule has 4 rings (SSSR count). The maximum atomic E-state index is 13.6. The van der Waals surface area contributed by atoms with E-state index in [1.165, 1.54) is 35.2 Å². The lowest BCUT2D eigenvalue weighted by Crippen LogP contribution is -2.35. The molecule has 3 aromatic rings. The summed E-state index contributed by atoms with van der Waals surface area (Å²) in [5.41, 5.74) is 2.06. The summed E-state index contributed by atoms with van der Waals surface area (Å²) in [6, 6.07) is 17.0. The number of carbonyl (C=O) groups is 2. The zero-order valence-corrected chi connectivity index (χ0v) is 18.1. The zero-order chi connectivity index (χ0) is 23.6. The van der Waals surface area contributed by atoms with Crippen molar-refractivity contribution in [2.45, 2.75) is 31.9 Å². The van der Waals surface area contributed by atoms with E-state index in [1.807, 2.05) is 6.92 Å². The van der Waals surface area contributed by atoms with E-state index in [-0.39, 0.29) is 12.4 Å². The van der Waals surface area contributed by atoms with Crippen LogP contribution in [0.4, 0.5) is 8.78 Å². The molecule has 1 aliphatic rings. The lowest BCUT2D eigenvalue weighted by molar-refractivity contribution is -0.137. The maximum absolute atomic E-state index is 13.6. The molecule has 0 bridgehead atoms. The van der Waals surface area contributed by atoms with Gasteiger partial charge in [-0.3, -0.25) is 9.59 Å². The van der Waals surface area contributed by atoms with Crippen molar-refractivity contribution in [1.82, 2.24) is 4.90 Å². The second kappa shape index (κ2) is 9.02. The highest BCUT2D eigenvalue weighted by molar-refractivity contribution is 5.96. The molecular weight excluding hydrogens is 428 g/mol. The van der Waals surface area contributed by atoms with Crippen LogP contribution < -0.4 is 4.74 Å². The minimum Gasteiger partial charge on any atom is -0.487 e. The average Bonchev–Trinajstić information content (AvgIpc) is 3.09. The number of carboxylic acids is 1. The molecule has 0 fully saturated rings. The lowest BCUT2D eigenvalue weighted by atomic mass is 9.91. The van der Waals surface area contributed by atoms with Gasteiger partial charge in [-0.1, -0.05) is 24.3 Å². The first-order valence-electron chi connectivity index (χ1n) is 10.5. The van der Waals surface area contributed by atoms with Gasteiger partial charge in [0, 0.05) is 24.9 Å². The first-order valence-corrected chi connectivity index (χ1v) is 10.5. The minimum atomic E-state index is -1.16. The van der Waals surface area contributed by atoms with E-state index in [0.717, 1.165) is 11.1 Å². The number of carbonyl (C=O) groups excluding carboxylic acids is 1. The molecule has 0 saturated carbocycles. The van der Waals surface area contributed by atoms with Crippen molar-refractivity contribution < 1.29 is 28.2 Å². The molecule has 3 aromatic carbocycles. The normalized spacial score (nSPS) is 16.7. The standard InChI is InChI=1S/C26H23F2NO4/c1-26(13-17-5-8-21(27)9-6-17)14-20-12-19(7-10-23(20)33-26)25(32)29(16-24(30)31)15-18-3-2-4-22(28)11-18/h2-12H,13-16H2,1H3,(H,30,31)/t26-/m1/s1. The van der Waals surface area contributed by atoms with Crippen molar-refractivity contribution in [2.24, 2.45) is 0 Å². The molecule has 33 heavy (non-hydrogen) atoms. The van der Waals surface area contributed by atoms with Crippen molar-refractivity contribution in [1.29, 1.82) is 0 Å². The highest BCUT2D eigenvalue weighted by atomic mass is 19.1. The SMILES string of the molecule is C[C@@]1(Cc2ccc(F)cc2)Cc2cc(C(=O)N(CC(=O)O)Cc3cccc(F)c3)ccc2O1. The maximum Gasteiger partial charge on any atom is 0.323 e. The zero-order valence-electron chi connectivity index (χ0n) is 18.1. The van der Waals surface area contributed by atoms with Gasteiger partial charge in [0.1, 0.15) is 29.5 Å². The van der Waals surface area contributed by atoms with E-state index in [1.54, 1.807) is 36.4 Å². The minimum absolute atomic E-state index is 0.0290. The number of halogens is 2. The third-order valence-electron chi connectivity index (χ3n) is 5.60. The van der Waals surface area contributed by atoms with E-state index in [4.69, 9.17) is 4.74 Å². The van der Waals surface area contributed by atoms with Crippen LogP contribution in [-0.4, -0.2) is 34.0 Å². The number of hydrogen-bond donors (Lipinski definition) is 1. The van der Waals surface area contributed by atoms with Crippen molar-refractivity contribution in [3.8, 4) is 5.75 Å². The summed E-state index contributed by atoms with van der Waals surface area (Å²) in [5.74, 6) is -1.71. The molecule has 0 saturated heterocycles. The van der Waals surface area contributed by atoms with Crippen LogP contribution in [0.5, 0.6) is 5.75 Å². The third-order valence-corrected chi connectivity index (χ3v) is 5.60. The molecule has 1 heterocycles. The van der Waals surface area contributed by atoms with E-state index >= 15 is 0 Å². The van der Waals surface area contributed by atoms with Crippen LogP contribution in [0, 0.1) is 11.6 Å². The van der Waals surface area contributed by atoms with Crippen LogP contribution in [0.25, 0.3) is 0 Å². The fraction of sp³-hybridized carbons (Fsp3) is 0.231. The number of amides is 1. The Labute approximate surface area is 190 Å². The third kappa shape index (κ3) is 5.37. The van der Waals surface area contributed by atoms with Crippen LogP contribution >= 0.6 is 0 Å². The Kier molecular flexibility index (Phi) is 6.14. The number of ether oxygens (including phenoxy) is 1. The van der Waals surface area contributed by atoms with E-state index in [2.05, 4.69) is 0 Å². The Balaban J connectivity index is 1.53. The highest BCUT2D eigenvalue weighted by Gasteiger charge is 2.35. The van der Waals surface area contributed by atoms with Crippen LogP contribution in [0.2, 0.25) is 0 Å². The van der Waals surface area contributed by atoms with Gasteiger partial charge in [0.2, 0.25) is 0 Å². The molecule has 0 spiro atoms. The molecule has 1 amide bonds. The number of aliphatic carboxylic acids is 1. The number of fused-ring (bicyclic) bond motifs is 1. The van der Waals surface area contributed by atoms with Crippen LogP contribution in [0.3, 0.4) is 0 Å². The summed E-state index contributed by atoms with van der Waals surface area (Å²) in [6.07, 6.45) is 1.11. The molecule has 0 radical (unpaired) electrons. The largest absolute Gasteiger partial charge is 0.487 e. The Morgan fingerprint density at radius 1 is 1.00 bits per heavy atom. The fourth-order valence-electron chi connectivity index (χ4n) is 4.19. The monoisotopic (exact) mass is 451 g/mol. The van der Waals surface area contributed by atoms with Gasteiger partial charge >= 0.3 is 5.97 Å². The Morgan fingerprint density at radius 2 is 1.76 bits per heavy atom. The molecule has 0 unspecified atom stereocenters. The molecule has 1 aliphatic heterocycles. The van der Waals surface area contributed by atoms with Crippen molar-refractivity contribution in [3.63, 3.8) is 0 Å². The number of carboxylic acid groups (broad SMARTS) is 1. The lowest BCUT2D eigenvalue weighted by Gasteiger charge is -2.24. The Bertz CT molecular complexity index is 1200. The summed E-state index contributed by atoms with van der Waals surface area (Å²) < 4.78 is 32.9. The quantitative estimate of drug-likeness (QED) is 0.569. The van der Waals surface area contributed by atoms with Gasteiger partial charge in [0.15, 0.2) is 0 Å². The van der Waals surface area contributed by atoms with E-state index in [0.29, 0.717) is 29.7 Å². The molecule has 170 valence electrons. The van der Waals surface area contributed by atoms with Gasteiger partial charge in [-0.05, 0) is 66.1 Å². The van der Waals surface area contributed by atoms with Gasteiger partial charge < -0.3 is 14.7 Å². The summed E-state index contributed by atoms with van der Waals surface area (Å²) in [4.78, 5) is 25.7. The number of benzene rings is 3. The molecule has 0 aromatic heterocycles. The molecule has 5 nitrogen and oxygen atoms in total. The molecule has 1 N–H and O–H groups in total. The van der Waals surface area contributed by atoms with Gasteiger partial charge in [-0.25, -0.2) is 8.78 Å². The van der Waals surface area contributed by atoms with Crippen LogP contribution in [0.15, 0.2) is 66.7 Å². The van der Waals surface area contributed by atoms with Crippen molar-refractivity contribution >= 4 is 11.9 Å². The van der Waals surface area contributed by atoms with E-state index < -0.39 is 29.8 Å². The summed E-state index contributed by atoms with van der Waals surface area (Å²) in [7, 11) is 0. The second-order valence-corrected chi connectivity index (χ2v) is 8.54. The number of hydrogen-bond acceptors (Lipinski definition) is 3. The second-order valence-electron chi connectivity index (χ2n) is 8.54. The van der Waals surface area contributed by atoms with Crippen LogP contribution in [-0.2, 0) is 24.2 Å². The molecule has 7 heteroatoms. The number of nitrogens with zero attached hydrogens (tertiary/aromatic N) is 1. The highest BCUT2D eigenvalue weighted by Crippen LogP contribution is 2.37. The molecular formula is C26H23F2NO4. The smallest absolute Gasteiger partial charge is 0.323 e. The fourth-order valence-corrected chi connectivity index (χ4v) is 4.19. The average molecular weight is 451 g/mol. The van der Waals surface area contributed by atoms with Gasteiger partial charge in [0.25, 0.3) is 5.91 Å². The number of rotatable bonds is 7. The summed E-state index contributed by atoms with van der Waals surface area (Å²) >= 11 is 0. The van der Waals surface area contributed by atoms with Gasteiger partial charge in [-0.15, -0.1) is 0 Å². The van der Waals surface area contributed by atoms with Gasteiger partial charge in [0.05, 0.1) is 0 Å². The predicted octanol–water partition coefficient (Wildman–Crippen LogP) is 4.63. The summed E-state index contributed by atoms with van der Waals surface area (Å²) in [5, 5.41) is 9.28. The molecule has 0 aliphatic carbocycles. The Hall–Kier alpha value is -3.74. The topological polar surface area (TPSA) is 66.8 Å². The van der Waals surface area contributed by atoms with Crippen molar-refractivity contribution in [3.05, 3.63) is 101 Å².